The summed E-state index contributed by atoms with van der Waals surface area (Å²) in [5.74, 6) is 4.61. The third-order valence-corrected chi connectivity index (χ3v) is 1.55. The molecule has 0 aromatic carbocycles. The molecular formula is C6H6N6O. The standard InChI is InChI=1S/C6H6N6O/c7-9-6(13)5-11-10-4-3-8-1-2-12(4)5/h1-3H,7H2,(H,9,13). The number of carbonyl (C=O) groups is 1. The summed E-state index contributed by atoms with van der Waals surface area (Å²) in [6.45, 7) is 0. The van der Waals surface area contributed by atoms with Crippen molar-refractivity contribution < 1.29 is 4.79 Å². The molecule has 3 N–H and O–H groups in total. The van der Waals surface area contributed by atoms with Crippen LogP contribution in [0.15, 0.2) is 18.6 Å². The highest BCUT2D eigenvalue weighted by Gasteiger charge is 2.11. The number of nitrogen functional groups attached to an aromatic ring is 1. The predicted molar refractivity (Wildman–Crippen MR) is 42.4 cm³/mol. The van der Waals surface area contributed by atoms with Gasteiger partial charge in [-0.25, -0.2) is 5.84 Å². The van der Waals surface area contributed by atoms with E-state index >= 15 is 0 Å². The lowest BCUT2D eigenvalue weighted by atomic mass is 10.5. The Morgan fingerprint density at radius 2 is 2.38 bits per heavy atom. The molecule has 0 aliphatic carbocycles. The van der Waals surface area contributed by atoms with Gasteiger partial charge in [0.15, 0.2) is 5.65 Å². The van der Waals surface area contributed by atoms with Gasteiger partial charge in [-0.1, -0.05) is 0 Å². The Balaban J connectivity index is 2.64. The van der Waals surface area contributed by atoms with E-state index in [-0.39, 0.29) is 5.82 Å². The molecule has 0 unspecified atom stereocenters. The van der Waals surface area contributed by atoms with Crippen molar-refractivity contribution in [1.82, 2.24) is 25.0 Å². The maximum atomic E-state index is 11.1. The van der Waals surface area contributed by atoms with E-state index in [0.29, 0.717) is 5.65 Å². The number of aromatic nitrogens is 4. The Morgan fingerprint density at radius 1 is 1.54 bits per heavy atom. The summed E-state index contributed by atoms with van der Waals surface area (Å²) in [5.41, 5.74) is 2.48. The second kappa shape index (κ2) is 2.79. The van der Waals surface area contributed by atoms with Crippen molar-refractivity contribution >= 4 is 11.6 Å². The lowest BCUT2D eigenvalue weighted by Crippen LogP contribution is -2.31. The van der Waals surface area contributed by atoms with Gasteiger partial charge < -0.3 is 0 Å². The zero-order chi connectivity index (χ0) is 9.26. The SMILES string of the molecule is NNC(=O)c1nnc2cnccn12. The number of rotatable bonds is 1. The van der Waals surface area contributed by atoms with Crippen LogP contribution in [0.4, 0.5) is 0 Å². The van der Waals surface area contributed by atoms with Gasteiger partial charge in [0.05, 0.1) is 6.20 Å². The molecule has 1 amide bonds. The van der Waals surface area contributed by atoms with Crippen LogP contribution in [-0.2, 0) is 0 Å². The van der Waals surface area contributed by atoms with Crippen molar-refractivity contribution in [3.8, 4) is 0 Å². The summed E-state index contributed by atoms with van der Waals surface area (Å²) in [4.78, 5) is 14.9. The molecule has 2 aromatic heterocycles. The van der Waals surface area contributed by atoms with Gasteiger partial charge in [-0.3, -0.25) is 19.6 Å². The quantitative estimate of drug-likeness (QED) is 0.322. The van der Waals surface area contributed by atoms with Gasteiger partial charge >= 0.3 is 5.91 Å². The molecule has 2 aromatic rings. The van der Waals surface area contributed by atoms with E-state index in [1.165, 1.54) is 16.8 Å². The number of nitrogens with one attached hydrogen (secondary N) is 1. The van der Waals surface area contributed by atoms with E-state index in [9.17, 15) is 4.79 Å². The number of nitrogens with zero attached hydrogens (tertiary/aromatic N) is 4. The van der Waals surface area contributed by atoms with Gasteiger partial charge in [0.25, 0.3) is 0 Å². The molecule has 7 nitrogen and oxygen atoms in total. The van der Waals surface area contributed by atoms with E-state index in [4.69, 9.17) is 5.84 Å². The van der Waals surface area contributed by atoms with Crippen LogP contribution in [0.5, 0.6) is 0 Å². The zero-order valence-electron chi connectivity index (χ0n) is 6.51. The fourth-order valence-corrected chi connectivity index (χ4v) is 0.973. The van der Waals surface area contributed by atoms with Crippen LogP contribution in [0.1, 0.15) is 10.6 Å². The summed E-state index contributed by atoms with van der Waals surface area (Å²) in [5, 5.41) is 7.37. The number of hydrazine groups is 1. The van der Waals surface area contributed by atoms with Gasteiger partial charge in [0, 0.05) is 12.4 Å². The van der Waals surface area contributed by atoms with Crippen molar-refractivity contribution in [1.29, 1.82) is 0 Å². The first kappa shape index (κ1) is 7.62. The second-order valence-corrected chi connectivity index (χ2v) is 2.30. The molecule has 0 aliphatic heterocycles. The van der Waals surface area contributed by atoms with Gasteiger partial charge in [-0.05, 0) is 0 Å². The normalized spacial score (nSPS) is 10.2. The number of amides is 1. The van der Waals surface area contributed by atoms with Crippen molar-refractivity contribution in [2.24, 2.45) is 5.84 Å². The molecule has 66 valence electrons. The van der Waals surface area contributed by atoms with E-state index in [0.717, 1.165) is 0 Å². The van der Waals surface area contributed by atoms with Crippen LogP contribution in [-0.4, -0.2) is 25.5 Å². The Kier molecular flexibility index (Phi) is 1.64. The van der Waals surface area contributed by atoms with Crippen molar-refractivity contribution in [2.45, 2.75) is 0 Å². The van der Waals surface area contributed by atoms with Crippen LogP contribution >= 0.6 is 0 Å². The largest absolute Gasteiger partial charge is 0.303 e. The monoisotopic (exact) mass is 178 g/mol. The minimum Gasteiger partial charge on any atom is -0.287 e. The lowest BCUT2D eigenvalue weighted by Gasteiger charge is -1.95. The molecule has 7 heteroatoms. The fraction of sp³-hybridized carbons (Fsp3) is 0. The number of hydrogen-bond acceptors (Lipinski definition) is 5. The zero-order valence-corrected chi connectivity index (χ0v) is 6.51. The minimum absolute atomic E-state index is 0.139. The van der Waals surface area contributed by atoms with Gasteiger partial charge in [0.1, 0.15) is 0 Å². The molecule has 0 saturated heterocycles. The van der Waals surface area contributed by atoms with Crippen LogP contribution < -0.4 is 11.3 Å². The molecule has 0 atom stereocenters. The maximum Gasteiger partial charge on any atom is 0.303 e. The highest BCUT2D eigenvalue weighted by atomic mass is 16.2. The van der Waals surface area contributed by atoms with E-state index in [1.54, 1.807) is 6.20 Å². The predicted octanol–water partition coefficient (Wildman–Crippen LogP) is -1.27. The average Bonchev–Trinajstić information content (AvgIpc) is 2.60. The molecule has 0 bridgehead atoms. The third-order valence-electron chi connectivity index (χ3n) is 1.55. The number of nitrogens with two attached hydrogens (primary N) is 1. The second-order valence-electron chi connectivity index (χ2n) is 2.30. The minimum atomic E-state index is -0.487. The van der Waals surface area contributed by atoms with Crippen molar-refractivity contribution in [3.63, 3.8) is 0 Å². The molecule has 0 fully saturated rings. The molecule has 0 saturated carbocycles. The van der Waals surface area contributed by atoms with Crippen molar-refractivity contribution in [3.05, 3.63) is 24.4 Å². The van der Waals surface area contributed by atoms with Crippen LogP contribution in [0, 0.1) is 0 Å². The Hall–Kier alpha value is -2.02. The Morgan fingerprint density at radius 3 is 3.15 bits per heavy atom. The summed E-state index contributed by atoms with van der Waals surface area (Å²) in [6.07, 6.45) is 4.61. The molecule has 0 aliphatic rings. The first-order chi connectivity index (χ1) is 6.33. The Bertz CT molecular complexity index is 449. The topological polar surface area (TPSA) is 98.2 Å². The first-order valence-corrected chi connectivity index (χ1v) is 3.48. The lowest BCUT2D eigenvalue weighted by molar-refractivity contribution is 0.0942. The molecule has 0 spiro atoms. The van der Waals surface area contributed by atoms with Crippen LogP contribution in [0.3, 0.4) is 0 Å². The molecule has 13 heavy (non-hydrogen) atoms. The molecule has 2 heterocycles. The van der Waals surface area contributed by atoms with E-state index in [1.807, 2.05) is 5.43 Å². The highest BCUT2D eigenvalue weighted by molar-refractivity contribution is 5.90. The Labute approximate surface area is 72.6 Å². The van der Waals surface area contributed by atoms with E-state index in [2.05, 4.69) is 15.2 Å². The fourth-order valence-electron chi connectivity index (χ4n) is 0.973. The smallest absolute Gasteiger partial charge is 0.287 e. The summed E-state index contributed by atoms with van der Waals surface area (Å²) < 4.78 is 1.50. The molecular weight excluding hydrogens is 172 g/mol. The number of hydrogen-bond donors (Lipinski definition) is 2. The third kappa shape index (κ3) is 1.11. The van der Waals surface area contributed by atoms with Crippen LogP contribution in [0.25, 0.3) is 5.65 Å². The maximum absolute atomic E-state index is 11.1. The number of fused-ring (bicyclic) bond motifs is 1. The molecule has 0 radical (unpaired) electrons. The van der Waals surface area contributed by atoms with Gasteiger partial charge in [-0.2, -0.15) is 0 Å². The van der Waals surface area contributed by atoms with Gasteiger partial charge in [-0.15, -0.1) is 10.2 Å². The summed E-state index contributed by atoms with van der Waals surface area (Å²) in [6, 6.07) is 0. The first-order valence-electron chi connectivity index (χ1n) is 3.48. The van der Waals surface area contributed by atoms with E-state index < -0.39 is 5.91 Å². The van der Waals surface area contributed by atoms with Gasteiger partial charge in [0.2, 0.25) is 5.82 Å². The molecule has 2 rings (SSSR count). The van der Waals surface area contributed by atoms with Crippen molar-refractivity contribution in [2.75, 3.05) is 0 Å². The highest BCUT2D eigenvalue weighted by Crippen LogP contribution is 1.99. The number of carbonyl (C=O) groups excluding carboxylic acids is 1. The summed E-state index contributed by atoms with van der Waals surface area (Å²) in [7, 11) is 0. The average molecular weight is 178 g/mol. The summed E-state index contributed by atoms with van der Waals surface area (Å²) >= 11 is 0. The van der Waals surface area contributed by atoms with Crippen LogP contribution in [0.2, 0.25) is 0 Å².